The van der Waals surface area contributed by atoms with E-state index in [0.29, 0.717) is 22.2 Å². The van der Waals surface area contributed by atoms with Gasteiger partial charge in [-0.2, -0.15) is 18.3 Å². The number of hydrogen-bond donors (Lipinski definition) is 1. The molecule has 39 heavy (non-hydrogen) atoms. The Morgan fingerprint density at radius 2 is 1.69 bits per heavy atom. The van der Waals surface area contributed by atoms with E-state index >= 15 is 0 Å². The Kier molecular flexibility index (Phi) is 9.15. The van der Waals surface area contributed by atoms with Gasteiger partial charge in [0.2, 0.25) is 0 Å². The van der Waals surface area contributed by atoms with Crippen LogP contribution in [0.25, 0.3) is 0 Å². The first-order valence-corrected chi connectivity index (χ1v) is 14.1. The Bertz CT molecular complexity index is 1170. The fourth-order valence-electron chi connectivity index (χ4n) is 6.02. The molecule has 2 aromatic rings. The van der Waals surface area contributed by atoms with Crippen LogP contribution in [0.4, 0.5) is 13.2 Å². The van der Waals surface area contributed by atoms with Crippen molar-refractivity contribution in [1.29, 1.82) is 0 Å². The number of carbonyl (C=O) groups excluding carboxylic acids is 1. The summed E-state index contributed by atoms with van der Waals surface area (Å²) in [7, 11) is 0. The molecule has 0 saturated heterocycles. The van der Waals surface area contributed by atoms with E-state index in [0.717, 1.165) is 43.0 Å². The number of rotatable bonds is 8. The van der Waals surface area contributed by atoms with Gasteiger partial charge in [-0.05, 0) is 55.9 Å². The molecule has 0 atom stereocenters. The van der Waals surface area contributed by atoms with Crippen LogP contribution in [0.2, 0.25) is 10.0 Å². The molecular weight excluding hydrogens is 556 g/mol. The molecule has 0 radical (unpaired) electrons. The van der Waals surface area contributed by atoms with E-state index in [1.165, 1.54) is 17.3 Å². The zero-order chi connectivity index (χ0) is 28.4. The van der Waals surface area contributed by atoms with Crippen LogP contribution in [-0.2, 0) is 17.4 Å². The van der Waals surface area contributed by atoms with Crippen LogP contribution >= 0.6 is 23.2 Å². The number of halogens is 5. The molecule has 12 heteroatoms. The Labute approximate surface area is 235 Å². The minimum absolute atomic E-state index is 0.129. The average molecular weight is 589 g/mol. The van der Waals surface area contributed by atoms with Crippen molar-refractivity contribution in [2.24, 2.45) is 11.3 Å². The summed E-state index contributed by atoms with van der Waals surface area (Å²) < 4.78 is 44.2. The predicted octanol–water partition coefficient (Wildman–Crippen LogP) is 7.07. The minimum atomic E-state index is -4.82. The summed E-state index contributed by atoms with van der Waals surface area (Å²) in [4.78, 5) is 30.6. The van der Waals surface area contributed by atoms with Gasteiger partial charge in [0.25, 0.3) is 5.91 Å². The van der Waals surface area contributed by atoms with Crippen LogP contribution in [-0.4, -0.2) is 49.7 Å². The number of aliphatic carboxylic acids is 1. The zero-order valence-electron chi connectivity index (χ0n) is 21.8. The van der Waals surface area contributed by atoms with E-state index in [1.807, 2.05) is 0 Å². The lowest BCUT2D eigenvalue weighted by Crippen LogP contribution is -2.42. The largest absolute Gasteiger partial charge is 0.481 e. The zero-order valence-corrected chi connectivity index (χ0v) is 23.3. The maximum absolute atomic E-state index is 14.4. The topological polar surface area (TPSA) is 88.3 Å². The van der Waals surface area contributed by atoms with E-state index < -0.39 is 41.3 Å². The average Bonchev–Trinajstić information content (AvgIpc) is 3.34. The van der Waals surface area contributed by atoms with Crippen LogP contribution in [0, 0.1) is 11.3 Å². The van der Waals surface area contributed by atoms with Crippen molar-refractivity contribution in [2.75, 3.05) is 13.1 Å². The van der Waals surface area contributed by atoms with Crippen molar-refractivity contribution in [2.45, 2.75) is 83.4 Å². The third-order valence-electron chi connectivity index (χ3n) is 8.19. The molecule has 2 heterocycles. The highest BCUT2D eigenvalue weighted by Crippen LogP contribution is 2.41. The van der Waals surface area contributed by atoms with Gasteiger partial charge in [-0.1, -0.05) is 49.4 Å². The number of carbonyl (C=O) groups is 2. The summed E-state index contributed by atoms with van der Waals surface area (Å²) in [6, 6.07) is -0.627. The van der Waals surface area contributed by atoms with Crippen molar-refractivity contribution < 1.29 is 27.9 Å². The monoisotopic (exact) mass is 588 g/mol. The van der Waals surface area contributed by atoms with Gasteiger partial charge in [0.05, 0.1) is 33.8 Å². The number of alkyl halides is 3. The number of hydrogen-bond acceptors (Lipinski definition) is 4. The number of nitrogens with zero attached hydrogens (tertiary/aromatic N) is 4. The van der Waals surface area contributed by atoms with Crippen LogP contribution < -0.4 is 0 Å². The van der Waals surface area contributed by atoms with Gasteiger partial charge in [-0.15, -0.1) is 0 Å². The smallest absolute Gasteiger partial charge is 0.433 e. The second-order valence-electron chi connectivity index (χ2n) is 11.1. The fourth-order valence-corrected chi connectivity index (χ4v) is 6.57. The quantitative estimate of drug-likeness (QED) is 0.356. The Hall–Kier alpha value is -2.33. The summed E-state index contributed by atoms with van der Waals surface area (Å²) in [6.07, 6.45) is 5.24. The second kappa shape index (κ2) is 12.0. The van der Waals surface area contributed by atoms with Crippen molar-refractivity contribution in [3.8, 4) is 0 Å². The van der Waals surface area contributed by atoms with Crippen LogP contribution in [0.5, 0.6) is 0 Å². The molecule has 0 spiro atoms. The molecule has 4 rings (SSSR count). The van der Waals surface area contributed by atoms with Crippen molar-refractivity contribution in [3.63, 3.8) is 0 Å². The highest BCUT2D eigenvalue weighted by molar-refractivity contribution is 6.35. The lowest BCUT2D eigenvalue weighted by Gasteiger charge is -2.38. The summed E-state index contributed by atoms with van der Waals surface area (Å²) in [5, 5.41) is 14.0. The first-order chi connectivity index (χ1) is 18.4. The van der Waals surface area contributed by atoms with E-state index in [9.17, 15) is 27.9 Å². The summed E-state index contributed by atoms with van der Waals surface area (Å²) in [5.41, 5.74) is -1.20. The Morgan fingerprint density at radius 1 is 1.08 bits per heavy atom. The molecule has 2 saturated carbocycles. The summed E-state index contributed by atoms with van der Waals surface area (Å²) in [5.74, 6) is -2.26. The molecule has 2 aliphatic carbocycles. The van der Waals surface area contributed by atoms with Gasteiger partial charge in [0.15, 0.2) is 5.69 Å². The van der Waals surface area contributed by atoms with Crippen LogP contribution in [0.1, 0.15) is 92.4 Å². The molecule has 214 valence electrons. The minimum Gasteiger partial charge on any atom is -0.481 e. The third kappa shape index (κ3) is 6.88. The molecule has 2 fully saturated rings. The third-order valence-corrected chi connectivity index (χ3v) is 8.84. The van der Waals surface area contributed by atoms with Crippen molar-refractivity contribution in [3.05, 3.63) is 45.5 Å². The number of pyridine rings is 1. The van der Waals surface area contributed by atoms with Gasteiger partial charge in [0, 0.05) is 25.5 Å². The molecule has 1 N–H and O–H groups in total. The van der Waals surface area contributed by atoms with Gasteiger partial charge >= 0.3 is 12.1 Å². The van der Waals surface area contributed by atoms with Gasteiger partial charge in [-0.3, -0.25) is 19.3 Å². The first kappa shape index (κ1) is 29.6. The molecule has 0 aliphatic heterocycles. The standard InChI is InChI=1S/C27H33Cl2F3N4O3/c1-26(10-3-2-4-11-26)16-35(12-9-19-21(28)14-33-15-22(19)29)24(37)20-13-34-36(23(20)27(30,31)32)18-7-5-17(6-8-18)25(38)39/h13-15,17-18H,2-12,16H2,1H3,(H,38,39). The number of carboxylic acids is 1. The molecule has 0 aromatic carbocycles. The fraction of sp³-hybridized carbons (Fsp3) is 0.630. The molecular formula is C27H33Cl2F3N4O3. The van der Waals surface area contributed by atoms with Gasteiger partial charge in [-0.25, -0.2) is 0 Å². The van der Waals surface area contributed by atoms with E-state index in [2.05, 4.69) is 17.0 Å². The highest BCUT2D eigenvalue weighted by atomic mass is 35.5. The van der Waals surface area contributed by atoms with Crippen LogP contribution in [0.15, 0.2) is 18.6 Å². The van der Waals surface area contributed by atoms with E-state index in [4.69, 9.17) is 23.2 Å². The molecule has 2 aliphatic rings. The predicted molar refractivity (Wildman–Crippen MR) is 141 cm³/mol. The lowest BCUT2D eigenvalue weighted by atomic mass is 9.75. The van der Waals surface area contributed by atoms with Gasteiger partial charge < -0.3 is 10.0 Å². The maximum Gasteiger partial charge on any atom is 0.433 e. The Morgan fingerprint density at radius 3 is 2.26 bits per heavy atom. The first-order valence-electron chi connectivity index (χ1n) is 13.3. The number of aromatic nitrogens is 3. The number of carboxylic acid groups (broad SMARTS) is 1. The van der Waals surface area contributed by atoms with Crippen molar-refractivity contribution in [1.82, 2.24) is 19.7 Å². The number of amides is 1. The SMILES string of the molecule is CC1(CN(CCc2c(Cl)cncc2Cl)C(=O)c2cnn(C3CCC(C(=O)O)CC3)c2C(F)(F)F)CCCCC1. The lowest BCUT2D eigenvalue weighted by molar-refractivity contribution is -0.147. The molecule has 7 nitrogen and oxygen atoms in total. The molecule has 1 amide bonds. The molecule has 2 aromatic heterocycles. The maximum atomic E-state index is 14.4. The summed E-state index contributed by atoms with van der Waals surface area (Å²) >= 11 is 12.6. The summed E-state index contributed by atoms with van der Waals surface area (Å²) in [6.45, 7) is 2.51. The molecule has 0 bridgehead atoms. The normalized spacial score (nSPS) is 21.5. The molecule has 0 unspecified atom stereocenters. The van der Waals surface area contributed by atoms with E-state index in [1.54, 1.807) is 0 Å². The van der Waals surface area contributed by atoms with Crippen LogP contribution in [0.3, 0.4) is 0 Å². The van der Waals surface area contributed by atoms with Gasteiger partial charge in [0.1, 0.15) is 0 Å². The van der Waals surface area contributed by atoms with Crippen molar-refractivity contribution >= 4 is 35.1 Å². The Balaban J connectivity index is 1.64. The second-order valence-corrected chi connectivity index (χ2v) is 11.9. The van der Waals surface area contributed by atoms with E-state index in [-0.39, 0.29) is 44.1 Å². The highest BCUT2D eigenvalue weighted by Gasteiger charge is 2.44.